The van der Waals surface area contributed by atoms with E-state index in [1.54, 1.807) is 6.92 Å². The molecule has 0 fully saturated rings. The van der Waals surface area contributed by atoms with Gasteiger partial charge in [0.2, 0.25) is 0 Å². The molecule has 0 radical (unpaired) electrons. The van der Waals surface area contributed by atoms with Crippen molar-refractivity contribution in [3.63, 3.8) is 0 Å². The molecule has 0 amide bonds. The Kier molecular flexibility index (Phi) is 7.50. The van der Waals surface area contributed by atoms with Gasteiger partial charge < -0.3 is 20.1 Å². The number of rotatable bonds is 10. The molecule has 0 saturated heterocycles. The summed E-state index contributed by atoms with van der Waals surface area (Å²) in [5.74, 6) is -4.33. The van der Waals surface area contributed by atoms with Crippen molar-refractivity contribution in [3.8, 4) is 0 Å². The van der Waals surface area contributed by atoms with E-state index >= 15 is 0 Å². The van der Waals surface area contributed by atoms with Crippen LogP contribution in [-0.2, 0) is 19.1 Å². The molecule has 7 heteroatoms. The third kappa shape index (κ3) is 6.43. The second-order valence-electron chi connectivity index (χ2n) is 6.99. The normalized spacial score (nSPS) is 14.0. The molecule has 0 aliphatic rings. The van der Waals surface area contributed by atoms with Crippen LogP contribution in [0.5, 0.6) is 0 Å². The molecule has 29 heavy (non-hydrogen) atoms. The summed E-state index contributed by atoms with van der Waals surface area (Å²) in [6.45, 7) is 1.67. The quantitative estimate of drug-likeness (QED) is 0.524. The second-order valence-corrected chi connectivity index (χ2v) is 6.99. The Morgan fingerprint density at radius 1 is 0.897 bits per heavy atom. The maximum absolute atomic E-state index is 12.2. The zero-order valence-electron chi connectivity index (χ0n) is 16.0. The smallest absolute Gasteiger partial charge is 0.336 e. The van der Waals surface area contributed by atoms with Crippen LogP contribution in [0, 0.1) is 0 Å². The zero-order chi connectivity index (χ0) is 21.4. The molecule has 0 saturated carbocycles. The van der Waals surface area contributed by atoms with Crippen molar-refractivity contribution in [2.24, 2.45) is 0 Å². The van der Waals surface area contributed by atoms with Crippen LogP contribution in [-0.4, -0.2) is 44.9 Å². The number of aliphatic hydroxyl groups is 1. The first kappa shape index (κ1) is 22.1. The molecule has 7 nitrogen and oxygen atoms in total. The van der Waals surface area contributed by atoms with E-state index in [4.69, 9.17) is 14.9 Å². The van der Waals surface area contributed by atoms with E-state index in [0.29, 0.717) is 6.42 Å². The monoisotopic (exact) mass is 400 g/mol. The summed E-state index contributed by atoms with van der Waals surface area (Å²) < 4.78 is 5.30. The van der Waals surface area contributed by atoms with Crippen molar-refractivity contribution in [1.29, 1.82) is 0 Å². The number of aliphatic carboxylic acids is 2. The van der Waals surface area contributed by atoms with Crippen molar-refractivity contribution < 1.29 is 34.4 Å². The Hall–Kier alpha value is -3.19. The number of carboxylic acids is 2. The molecule has 2 unspecified atom stereocenters. The van der Waals surface area contributed by atoms with Crippen LogP contribution < -0.4 is 0 Å². The number of benzene rings is 2. The number of hydrogen-bond acceptors (Lipinski definition) is 5. The van der Waals surface area contributed by atoms with Crippen LogP contribution in [0.3, 0.4) is 0 Å². The van der Waals surface area contributed by atoms with Crippen molar-refractivity contribution in [3.05, 3.63) is 71.8 Å². The minimum atomic E-state index is -2.71. The standard InChI is InChI=1S/C22H24O7/c1-15(29-20(25)14-22(28,21(26)27)13-19(23)24)12-18(16-8-4-2-5-9-16)17-10-6-3-7-11-17/h2-11,15,18,28H,12-14H2,1H3,(H,23,24)(H,26,27). The first-order valence-corrected chi connectivity index (χ1v) is 9.18. The molecule has 0 bridgehead atoms. The average molecular weight is 400 g/mol. The van der Waals surface area contributed by atoms with Crippen LogP contribution >= 0.6 is 0 Å². The maximum atomic E-state index is 12.2. The molecule has 0 spiro atoms. The summed E-state index contributed by atoms with van der Waals surface area (Å²) in [5.41, 5.74) is -0.634. The van der Waals surface area contributed by atoms with Gasteiger partial charge in [0.25, 0.3) is 0 Å². The molecule has 0 heterocycles. The van der Waals surface area contributed by atoms with E-state index in [0.717, 1.165) is 11.1 Å². The van der Waals surface area contributed by atoms with Gasteiger partial charge in [0.1, 0.15) is 0 Å². The summed E-state index contributed by atoms with van der Waals surface area (Å²) in [4.78, 5) is 34.2. The van der Waals surface area contributed by atoms with Gasteiger partial charge in [0, 0.05) is 5.92 Å². The summed E-state index contributed by atoms with van der Waals surface area (Å²) >= 11 is 0. The molecular weight excluding hydrogens is 376 g/mol. The van der Waals surface area contributed by atoms with E-state index in [1.165, 1.54) is 0 Å². The zero-order valence-corrected chi connectivity index (χ0v) is 16.0. The molecule has 2 rings (SSSR count). The largest absolute Gasteiger partial charge is 0.481 e. The van der Waals surface area contributed by atoms with Crippen LogP contribution in [0.4, 0.5) is 0 Å². The number of carbonyl (C=O) groups excluding carboxylic acids is 1. The molecule has 0 aliphatic carbocycles. The summed E-state index contributed by atoms with van der Waals surface area (Å²) in [6, 6.07) is 19.4. The number of esters is 1. The number of ether oxygens (including phenoxy) is 1. The predicted octanol–water partition coefficient (Wildman–Crippen LogP) is 2.82. The van der Waals surface area contributed by atoms with Gasteiger partial charge in [-0.05, 0) is 24.5 Å². The molecular formula is C22H24O7. The molecule has 3 N–H and O–H groups in total. The lowest BCUT2D eigenvalue weighted by atomic mass is 9.87. The van der Waals surface area contributed by atoms with Gasteiger partial charge in [-0.1, -0.05) is 60.7 Å². The van der Waals surface area contributed by atoms with E-state index in [-0.39, 0.29) is 5.92 Å². The Labute approximate surface area is 168 Å². The molecule has 0 aromatic heterocycles. The minimum Gasteiger partial charge on any atom is -0.481 e. The highest BCUT2D eigenvalue weighted by molar-refractivity contribution is 5.88. The number of carbonyl (C=O) groups is 3. The van der Waals surface area contributed by atoms with Gasteiger partial charge in [-0.25, -0.2) is 4.79 Å². The SMILES string of the molecule is CC(CC(c1ccccc1)c1ccccc1)OC(=O)CC(O)(CC(=O)O)C(=O)O. The predicted molar refractivity (Wildman–Crippen MR) is 104 cm³/mol. The Morgan fingerprint density at radius 3 is 1.79 bits per heavy atom. The molecule has 2 atom stereocenters. The van der Waals surface area contributed by atoms with Crippen LogP contribution in [0.1, 0.15) is 43.2 Å². The average Bonchev–Trinajstić information content (AvgIpc) is 2.66. The maximum Gasteiger partial charge on any atom is 0.336 e. The van der Waals surface area contributed by atoms with Gasteiger partial charge in [-0.2, -0.15) is 0 Å². The van der Waals surface area contributed by atoms with Crippen molar-refractivity contribution in [1.82, 2.24) is 0 Å². The third-order valence-corrected chi connectivity index (χ3v) is 4.58. The highest BCUT2D eigenvalue weighted by Crippen LogP contribution is 2.30. The Morgan fingerprint density at radius 2 is 1.38 bits per heavy atom. The van der Waals surface area contributed by atoms with Crippen molar-refractivity contribution >= 4 is 17.9 Å². The highest BCUT2D eigenvalue weighted by atomic mass is 16.5. The Bertz CT molecular complexity index is 795. The van der Waals surface area contributed by atoms with Gasteiger partial charge in [-0.3, -0.25) is 9.59 Å². The first-order chi connectivity index (χ1) is 13.7. The fraction of sp³-hybridized carbons (Fsp3) is 0.318. The molecule has 0 aliphatic heterocycles. The number of hydrogen-bond donors (Lipinski definition) is 3. The van der Waals surface area contributed by atoms with E-state index in [2.05, 4.69) is 0 Å². The molecule has 2 aromatic rings. The third-order valence-electron chi connectivity index (χ3n) is 4.58. The van der Waals surface area contributed by atoms with E-state index < -0.39 is 42.5 Å². The lowest BCUT2D eigenvalue weighted by molar-refractivity contribution is -0.173. The number of carboxylic acid groups (broad SMARTS) is 2. The molecule has 2 aromatic carbocycles. The Balaban J connectivity index is 2.10. The lowest BCUT2D eigenvalue weighted by Gasteiger charge is -2.24. The minimum absolute atomic E-state index is 0.0578. The van der Waals surface area contributed by atoms with Crippen LogP contribution in [0.25, 0.3) is 0 Å². The first-order valence-electron chi connectivity index (χ1n) is 9.18. The fourth-order valence-corrected chi connectivity index (χ4v) is 3.18. The lowest BCUT2D eigenvalue weighted by Crippen LogP contribution is -2.43. The van der Waals surface area contributed by atoms with Gasteiger partial charge in [0.05, 0.1) is 18.9 Å². The summed E-state index contributed by atoms with van der Waals surface area (Å²) in [5, 5.41) is 27.9. The molecule has 154 valence electrons. The second kappa shape index (κ2) is 9.84. The van der Waals surface area contributed by atoms with Gasteiger partial charge in [-0.15, -0.1) is 0 Å². The van der Waals surface area contributed by atoms with Crippen LogP contribution in [0.15, 0.2) is 60.7 Å². The van der Waals surface area contributed by atoms with Gasteiger partial charge >= 0.3 is 17.9 Å². The highest BCUT2D eigenvalue weighted by Gasteiger charge is 2.41. The van der Waals surface area contributed by atoms with Gasteiger partial charge in [0.15, 0.2) is 5.60 Å². The summed E-state index contributed by atoms with van der Waals surface area (Å²) in [6.07, 6.45) is -2.19. The summed E-state index contributed by atoms with van der Waals surface area (Å²) in [7, 11) is 0. The fourth-order valence-electron chi connectivity index (χ4n) is 3.18. The topological polar surface area (TPSA) is 121 Å². The van der Waals surface area contributed by atoms with Crippen molar-refractivity contribution in [2.75, 3.05) is 0 Å². The van der Waals surface area contributed by atoms with E-state index in [9.17, 15) is 19.5 Å². The van der Waals surface area contributed by atoms with Crippen molar-refractivity contribution in [2.45, 2.75) is 43.8 Å². The van der Waals surface area contributed by atoms with Crippen LogP contribution in [0.2, 0.25) is 0 Å². The van der Waals surface area contributed by atoms with E-state index in [1.807, 2.05) is 60.7 Å².